The molecular formula is C11H26NO2Si. The lowest BCUT2D eigenvalue weighted by Gasteiger charge is -2.26. The predicted molar refractivity (Wildman–Crippen MR) is 67.1 cm³/mol. The fourth-order valence-electron chi connectivity index (χ4n) is 1.21. The molecule has 0 spiro atoms. The fraction of sp³-hybridized carbons (Fsp3) is 0.909. The van der Waals surface area contributed by atoms with Crippen molar-refractivity contribution in [2.24, 2.45) is 5.73 Å². The normalized spacial score (nSPS) is 14.6. The number of ether oxygens (including phenoxy) is 2. The van der Waals surface area contributed by atoms with Gasteiger partial charge in [-0.1, -0.05) is 19.6 Å². The Bertz CT molecular complexity index is 153. The van der Waals surface area contributed by atoms with Crippen LogP contribution in [0.25, 0.3) is 0 Å². The molecule has 2 N–H and O–H groups in total. The van der Waals surface area contributed by atoms with E-state index in [4.69, 9.17) is 15.2 Å². The van der Waals surface area contributed by atoms with E-state index in [1.54, 1.807) is 0 Å². The van der Waals surface area contributed by atoms with Gasteiger partial charge < -0.3 is 15.2 Å². The van der Waals surface area contributed by atoms with Gasteiger partial charge in [0.2, 0.25) is 6.29 Å². The molecule has 0 fully saturated rings. The Morgan fingerprint density at radius 1 is 1.13 bits per heavy atom. The number of rotatable bonds is 8. The summed E-state index contributed by atoms with van der Waals surface area (Å²) in [5.41, 5.74) is 6.44. The lowest BCUT2D eigenvalue weighted by molar-refractivity contribution is -0.0432. The maximum absolute atomic E-state index is 6.13. The predicted octanol–water partition coefficient (Wildman–Crippen LogP) is 2.53. The molecule has 0 aromatic carbocycles. The largest absolute Gasteiger partial charge is 0.346 e. The molecule has 0 saturated carbocycles. The minimum atomic E-state index is -1.22. The van der Waals surface area contributed by atoms with E-state index in [2.05, 4.69) is 19.6 Å². The smallest absolute Gasteiger partial charge is 0.223 e. The first kappa shape index (κ1) is 15.1. The van der Waals surface area contributed by atoms with Crippen molar-refractivity contribution in [2.45, 2.75) is 52.0 Å². The minimum absolute atomic E-state index is 0.313. The van der Waals surface area contributed by atoms with E-state index in [9.17, 15) is 0 Å². The SMILES string of the molecule is CCO[C](CCC(N)[Si](C)(C)C)OCC. The second-order valence-electron chi connectivity index (χ2n) is 4.75. The Balaban J connectivity index is 3.87. The Kier molecular flexibility index (Phi) is 7.43. The highest BCUT2D eigenvalue weighted by Gasteiger charge is 2.24. The topological polar surface area (TPSA) is 44.5 Å². The quantitative estimate of drug-likeness (QED) is 0.654. The number of hydrogen-bond donors (Lipinski definition) is 1. The maximum Gasteiger partial charge on any atom is 0.223 e. The lowest BCUT2D eigenvalue weighted by atomic mass is 10.3. The van der Waals surface area contributed by atoms with Gasteiger partial charge >= 0.3 is 0 Å². The third kappa shape index (κ3) is 7.06. The van der Waals surface area contributed by atoms with Gasteiger partial charge in [0.25, 0.3) is 0 Å². The van der Waals surface area contributed by atoms with Gasteiger partial charge in [-0.25, -0.2) is 0 Å². The molecule has 0 aromatic rings. The van der Waals surface area contributed by atoms with Crippen molar-refractivity contribution in [3.63, 3.8) is 0 Å². The average molecular weight is 232 g/mol. The Hall–Kier alpha value is 0.0969. The van der Waals surface area contributed by atoms with Crippen LogP contribution in [0, 0.1) is 6.29 Å². The van der Waals surface area contributed by atoms with Gasteiger partial charge in [-0.2, -0.15) is 0 Å². The van der Waals surface area contributed by atoms with Crippen molar-refractivity contribution >= 4 is 8.07 Å². The van der Waals surface area contributed by atoms with Crippen LogP contribution >= 0.6 is 0 Å². The second-order valence-corrected chi connectivity index (χ2v) is 10.2. The molecule has 4 heteroatoms. The van der Waals surface area contributed by atoms with Crippen LogP contribution in [0.2, 0.25) is 19.6 Å². The molecule has 0 bridgehead atoms. The first-order chi connectivity index (χ1) is 6.91. The molecule has 0 aromatic heterocycles. The molecule has 91 valence electrons. The number of hydrogen-bond acceptors (Lipinski definition) is 3. The molecule has 3 nitrogen and oxygen atoms in total. The third-order valence-electron chi connectivity index (χ3n) is 2.38. The molecule has 0 rings (SSSR count). The zero-order valence-corrected chi connectivity index (χ0v) is 11.8. The molecule has 15 heavy (non-hydrogen) atoms. The van der Waals surface area contributed by atoms with E-state index >= 15 is 0 Å². The van der Waals surface area contributed by atoms with E-state index < -0.39 is 8.07 Å². The minimum Gasteiger partial charge on any atom is -0.346 e. The Morgan fingerprint density at radius 3 is 1.93 bits per heavy atom. The lowest BCUT2D eigenvalue weighted by Crippen LogP contribution is -2.45. The summed E-state index contributed by atoms with van der Waals surface area (Å²) in [7, 11) is -1.22. The van der Waals surface area contributed by atoms with Crippen LogP contribution in [0.5, 0.6) is 0 Å². The third-order valence-corrected chi connectivity index (χ3v) is 4.90. The maximum atomic E-state index is 6.13. The summed E-state index contributed by atoms with van der Waals surface area (Å²) in [6.45, 7) is 12.1. The summed E-state index contributed by atoms with van der Waals surface area (Å²) in [4.78, 5) is 0. The van der Waals surface area contributed by atoms with Crippen molar-refractivity contribution in [1.29, 1.82) is 0 Å². The van der Waals surface area contributed by atoms with E-state index in [0.717, 1.165) is 19.1 Å². The molecule has 0 heterocycles. The molecule has 0 aliphatic rings. The zero-order valence-electron chi connectivity index (χ0n) is 10.8. The second kappa shape index (κ2) is 7.38. The molecular weight excluding hydrogens is 206 g/mol. The van der Waals surface area contributed by atoms with Crippen molar-refractivity contribution in [2.75, 3.05) is 13.2 Å². The van der Waals surface area contributed by atoms with Crippen LogP contribution in [0.4, 0.5) is 0 Å². The monoisotopic (exact) mass is 232 g/mol. The van der Waals surface area contributed by atoms with Crippen LogP contribution in [-0.2, 0) is 9.47 Å². The van der Waals surface area contributed by atoms with Gasteiger partial charge in [-0.15, -0.1) is 0 Å². The summed E-state index contributed by atoms with van der Waals surface area (Å²) in [6.07, 6.45) is 2.53. The highest BCUT2D eigenvalue weighted by Crippen LogP contribution is 2.17. The highest BCUT2D eigenvalue weighted by atomic mass is 28.3. The van der Waals surface area contributed by atoms with Crippen LogP contribution in [0.3, 0.4) is 0 Å². The fourth-order valence-corrected chi connectivity index (χ4v) is 2.22. The van der Waals surface area contributed by atoms with Gasteiger partial charge in [0.1, 0.15) is 0 Å². The number of nitrogens with two attached hydrogens (primary N) is 1. The Labute approximate surface area is 95.3 Å². The summed E-state index contributed by atoms with van der Waals surface area (Å²) in [5.74, 6) is 0. The summed E-state index contributed by atoms with van der Waals surface area (Å²) in [6, 6.07) is 0. The van der Waals surface area contributed by atoms with E-state index in [1.165, 1.54) is 0 Å². The van der Waals surface area contributed by atoms with Gasteiger partial charge in [-0.05, 0) is 25.9 Å². The molecule has 1 atom stereocenters. The molecule has 0 aliphatic carbocycles. The molecule has 1 unspecified atom stereocenters. The highest BCUT2D eigenvalue weighted by molar-refractivity contribution is 6.77. The van der Waals surface area contributed by atoms with E-state index in [-0.39, 0.29) is 0 Å². The van der Waals surface area contributed by atoms with E-state index in [0.29, 0.717) is 18.9 Å². The van der Waals surface area contributed by atoms with Crippen molar-refractivity contribution in [1.82, 2.24) is 0 Å². The van der Waals surface area contributed by atoms with Gasteiger partial charge in [0, 0.05) is 19.6 Å². The van der Waals surface area contributed by atoms with Crippen molar-refractivity contribution < 1.29 is 9.47 Å². The molecule has 0 amide bonds. The molecule has 0 aliphatic heterocycles. The van der Waals surface area contributed by atoms with Crippen LogP contribution < -0.4 is 5.73 Å². The zero-order chi connectivity index (χ0) is 11.9. The first-order valence-electron chi connectivity index (χ1n) is 5.78. The van der Waals surface area contributed by atoms with Gasteiger partial charge in [0.05, 0.1) is 8.07 Å². The van der Waals surface area contributed by atoms with Gasteiger partial charge in [-0.3, -0.25) is 0 Å². The molecule has 1 radical (unpaired) electrons. The van der Waals surface area contributed by atoms with Crippen LogP contribution in [0.1, 0.15) is 26.7 Å². The first-order valence-corrected chi connectivity index (χ1v) is 9.36. The van der Waals surface area contributed by atoms with Crippen molar-refractivity contribution in [3.05, 3.63) is 6.29 Å². The summed E-state index contributed by atoms with van der Waals surface area (Å²) >= 11 is 0. The summed E-state index contributed by atoms with van der Waals surface area (Å²) < 4.78 is 10.8. The Morgan fingerprint density at radius 2 is 1.60 bits per heavy atom. The van der Waals surface area contributed by atoms with E-state index in [1.807, 2.05) is 13.8 Å². The average Bonchev–Trinajstić information content (AvgIpc) is 2.12. The van der Waals surface area contributed by atoms with Crippen molar-refractivity contribution in [3.8, 4) is 0 Å². The molecule has 0 saturated heterocycles. The van der Waals surface area contributed by atoms with Crippen LogP contribution in [0.15, 0.2) is 0 Å². The van der Waals surface area contributed by atoms with Crippen LogP contribution in [-0.4, -0.2) is 27.0 Å². The van der Waals surface area contributed by atoms with Gasteiger partial charge in [0.15, 0.2) is 0 Å². The standard InChI is InChI=1S/C11H26NO2Si/c1-6-13-11(14-7-2)9-8-10(12)15(3,4)5/h10H,6-9,12H2,1-5H3. The summed E-state index contributed by atoms with van der Waals surface area (Å²) in [5, 5.41) is 0.